The van der Waals surface area contributed by atoms with Crippen molar-refractivity contribution in [3.8, 4) is 0 Å². The second kappa shape index (κ2) is 11.0. The molecule has 0 aliphatic carbocycles. The van der Waals surface area contributed by atoms with Crippen molar-refractivity contribution in [1.29, 1.82) is 0 Å². The molecule has 0 fully saturated rings. The molecule has 0 aromatic carbocycles. The number of unbranched alkanes of at least 4 members (excludes halogenated alkanes) is 1. The van der Waals surface area contributed by atoms with Gasteiger partial charge in [0, 0.05) is 13.2 Å². The van der Waals surface area contributed by atoms with Crippen LogP contribution in [0.4, 0.5) is 0 Å². The normalized spacial score (nSPS) is 15.5. The molecule has 7 nitrogen and oxygen atoms in total. The van der Waals surface area contributed by atoms with Gasteiger partial charge < -0.3 is 30.9 Å². The van der Waals surface area contributed by atoms with Crippen LogP contribution in [-0.4, -0.2) is 60.1 Å². The Morgan fingerprint density at radius 1 is 1.33 bits per heavy atom. The minimum atomic E-state index is -1.34. The third-order valence-electron chi connectivity index (χ3n) is 3.47. The monoisotopic (exact) mass is 304 g/mol. The number of aliphatic carboxylic acids is 1. The second-order valence-corrected chi connectivity index (χ2v) is 5.60. The highest BCUT2D eigenvalue weighted by molar-refractivity contribution is 6.40. The van der Waals surface area contributed by atoms with Crippen molar-refractivity contribution in [2.24, 2.45) is 5.73 Å². The van der Waals surface area contributed by atoms with E-state index in [1.54, 1.807) is 7.11 Å². The lowest BCUT2D eigenvalue weighted by Gasteiger charge is -2.25. The van der Waals surface area contributed by atoms with Crippen molar-refractivity contribution in [2.75, 3.05) is 20.3 Å². The molecule has 0 amide bonds. The summed E-state index contributed by atoms with van der Waals surface area (Å²) >= 11 is 0. The Labute approximate surface area is 127 Å². The van der Waals surface area contributed by atoms with Crippen LogP contribution in [0.5, 0.6) is 0 Å². The predicted octanol–water partition coefficient (Wildman–Crippen LogP) is -0.184. The quantitative estimate of drug-likeness (QED) is 0.236. The molecule has 0 rings (SSSR count). The van der Waals surface area contributed by atoms with E-state index in [2.05, 4.69) is 5.32 Å². The molecule has 2 atom stereocenters. The predicted molar refractivity (Wildman–Crippen MR) is 82.0 cm³/mol. The summed E-state index contributed by atoms with van der Waals surface area (Å²) in [5.41, 5.74) is 4.71. The molecular formula is C13H29BN2O5. The van der Waals surface area contributed by atoms with Crippen molar-refractivity contribution < 1.29 is 24.7 Å². The van der Waals surface area contributed by atoms with Gasteiger partial charge in [-0.15, -0.1) is 0 Å². The zero-order valence-electron chi connectivity index (χ0n) is 13.0. The van der Waals surface area contributed by atoms with Gasteiger partial charge >= 0.3 is 13.1 Å². The fraction of sp³-hybridized carbons (Fsp3) is 0.923. The summed E-state index contributed by atoms with van der Waals surface area (Å²) in [5, 5.41) is 30.0. The van der Waals surface area contributed by atoms with Gasteiger partial charge in [-0.05, 0) is 39.1 Å². The highest BCUT2D eigenvalue weighted by Crippen LogP contribution is 2.19. The molecule has 0 saturated heterocycles. The summed E-state index contributed by atoms with van der Waals surface area (Å²) in [6.45, 7) is 3.29. The summed E-state index contributed by atoms with van der Waals surface area (Å²) in [5.74, 6) is -1.00. The molecule has 0 aromatic rings. The maximum atomic E-state index is 11.3. The van der Waals surface area contributed by atoms with Crippen LogP contribution in [0.25, 0.3) is 0 Å². The third kappa shape index (κ3) is 9.81. The van der Waals surface area contributed by atoms with Crippen LogP contribution in [0.1, 0.15) is 39.0 Å². The Balaban J connectivity index is 4.01. The average Bonchev–Trinajstić information content (AvgIpc) is 2.40. The second-order valence-electron chi connectivity index (χ2n) is 5.60. The summed E-state index contributed by atoms with van der Waals surface area (Å²) in [4.78, 5) is 11.3. The molecule has 1 unspecified atom stereocenters. The van der Waals surface area contributed by atoms with E-state index in [0.29, 0.717) is 45.3 Å². The SMILES string of the molecule is COC[C@H](C)NCCCC(N)(CCCCB(O)O)C(=O)O. The third-order valence-corrected chi connectivity index (χ3v) is 3.47. The molecule has 0 spiro atoms. The van der Waals surface area contributed by atoms with E-state index in [1.807, 2.05) is 6.92 Å². The molecule has 0 heterocycles. The van der Waals surface area contributed by atoms with Crippen molar-refractivity contribution in [1.82, 2.24) is 5.32 Å². The van der Waals surface area contributed by atoms with E-state index in [0.717, 1.165) is 0 Å². The first kappa shape index (κ1) is 20.3. The van der Waals surface area contributed by atoms with Crippen molar-refractivity contribution in [3.63, 3.8) is 0 Å². The summed E-state index contributed by atoms with van der Waals surface area (Å²) in [7, 11) is 0.296. The minimum absolute atomic E-state index is 0.220. The molecule has 0 aromatic heterocycles. The first-order valence-electron chi connectivity index (χ1n) is 7.42. The van der Waals surface area contributed by atoms with Gasteiger partial charge in [-0.2, -0.15) is 0 Å². The Morgan fingerprint density at radius 3 is 2.48 bits per heavy atom. The van der Waals surface area contributed by atoms with E-state index < -0.39 is 18.6 Å². The first-order valence-corrected chi connectivity index (χ1v) is 7.42. The Kier molecular flexibility index (Phi) is 10.6. The zero-order chi connectivity index (χ0) is 16.3. The number of carboxylic acid groups (broad SMARTS) is 1. The first-order chi connectivity index (χ1) is 9.81. The van der Waals surface area contributed by atoms with E-state index in [9.17, 15) is 9.90 Å². The number of carboxylic acids is 1. The van der Waals surface area contributed by atoms with Crippen LogP contribution in [-0.2, 0) is 9.53 Å². The van der Waals surface area contributed by atoms with Crippen LogP contribution < -0.4 is 11.1 Å². The van der Waals surface area contributed by atoms with E-state index in [-0.39, 0.29) is 12.4 Å². The molecule has 0 bridgehead atoms. The van der Waals surface area contributed by atoms with Gasteiger partial charge in [0.25, 0.3) is 0 Å². The lowest BCUT2D eigenvalue weighted by atomic mass is 9.81. The number of hydrogen-bond acceptors (Lipinski definition) is 6. The van der Waals surface area contributed by atoms with Gasteiger partial charge in [0.15, 0.2) is 0 Å². The van der Waals surface area contributed by atoms with Gasteiger partial charge in [0.05, 0.1) is 6.61 Å². The molecule has 124 valence electrons. The van der Waals surface area contributed by atoms with Crippen LogP contribution in [0, 0.1) is 0 Å². The topological polar surface area (TPSA) is 125 Å². The molecular weight excluding hydrogens is 275 g/mol. The smallest absolute Gasteiger partial charge is 0.451 e. The highest BCUT2D eigenvalue weighted by atomic mass is 16.5. The fourth-order valence-electron chi connectivity index (χ4n) is 2.17. The number of nitrogens with two attached hydrogens (primary N) is 1. The molecule has 0 aliphatic heterocycles. The molecule has 21 heavy (non-hydrogen) atoms. The van der Waals surface area contributed by atoms with Crippen LogP contribution >= 0.6 is 0 Å². The van der Waals surface area contributed by atoms with Crippen LogP contribution in [0.2, 0.25) is 6.32 Å². The molecule has 0 saturated carbocycles. The maximum Gasteiger partial charge on any atom is 0.451 e. The summed E-state index contributed by atoms with van der Waals surface area (Å²) < 4.78 is 5.00. The largest absolute Gasteiger partial charge is 0.480 e. The van der Waals surface area contributed by atoms with E-state index >= 15 is 0 Å². The zero-order valence-corrected chi connectivity index (χ0v) is 13.0. The number of hydrogen-bond donors (Lipinski definition) is 5. The average molecular weight is 304 g/mol. The molecule has 0 radical (unpaired) electrons. The van der Waals surface area contributed by atoms with Crippen LogP contribution in [0.3, 0.4) is 0 Å². The Morgan fingerprint density at radius 2 is 1.95 bits per heavy atom. The highest BCUT2D eigenvalue weighted by Gasteiger charge is 2.32. The number of nitrogens with one attached hydrogen (secondary N) is 1. The van der Waals surface area contributed by atoms with Crippen molar-refractivity contribution >= 4 is 13.1 Å². The number of rotatable bonds is 13. The summed E-state index contributed by atoms with van der Waals surface area (Å²) in [6, 6.07) is 0.220. The van der Waals surface area contributed by atoms with E-state index in [4.69, 9.17) is 20.5 Å². The van der Waals surface area contributed by atoms with Crippen molar-refractivity contribution in [3.05, 3.63) is 0 Å². The molecule has 0 aliphatic rings. The number of methoxy groups -OCH3 is 1. The van der Waals surface area contributed by atoms with E-state index in [1.165, 1.54) is 0 Å². The Bertz CT molecular complexity index is 294. The number of ether oxygens (including phenoxy) is 1. The van der Waals surface area contributed by atoms with Gasteiger partial charge in [-0.3, -0.25) is 4.79 Å². The lowest BCUT2D eigenvalue weighted by molar-refractivity contribution is -0.144. The Hall–Kier alpha value is -0.665. The fourth-order valence-corrected chi connectivity index (χ4v) is 2.17. The maximum absolute atomic E-state index is 11.3. The van der Waals surface area contributed by atoms with Gasteiger partial charge in [-0.25, -0.2) is 0 Å². The molecule has 8 heteroatoms. The van der Waals surface area contributed by atoms with Gasteiger partial charge in [-0.1, -0.05) is 12.8 Å². The summed E-state index contributed by atoms with van der Waals surface area (Å²) in [6.07, 6.45) is 2.74. The molecule has 6 N–H and O–H groups in total. The van der Waals surface area contributed by atoms with Gasteiger partial charge in [0.1, 0.15) is 5.54 Å². The van der Waals surface area contributed by atoms with Crippen LogP contribution in [0.15, 0.2) is 0 Å². The standard InChI is InChI=1S/C13H29BN2O5/c1-11(10-21-2)16-9-5-7-13(15,12(17)18)6-3-4-8-14(19)20/h11,16,19-20H,3-10,15H2,1-2H3,(H,17,18)/t11-,13?/m0/s1. The minimum Gasteiger partial charge on any atom is -0.480 e. The van der Waals surface area contributed by atoms with Crippen molar-refractivity contribution in [2.45, 2.75) is 56.9 Å². The van der Waals surface area contributed by atoms with Gasteiger partial charge in [0.2, 0.25) is 0 Å². The number of carbonyl (C=O) groups is 1. The lowest BCUT2D eigenvalue weighted by Crippen LogP contribution is -2.48.